The van der Waals surface area contributed by atoms with Crippen molar-refractivity contribution in [2.45, 2.75) is 25.6 Å². The van der Waals surface area contributed by atoms with Crippen LogP contribution in [0.3, 0.4) is 0 Å². The van der Waals surface area contributed by atoms with E-state index in [-0.39, 0.29) is 12.1 Å². The van der Waals surface area contributed by atoms with Gasteiger partial charge in [0, 0.05) is 49.3 Å². The third-order valence-electron chi connectivity index (χ3n) is 5.28. The average molecular weight is 462 g/mol. The number of piperazine rings is 1. The molecular weight excluding hydrogens is 439 g/mol. The molecule has 3 aromatic rings. The quantitative estimate of drug-likeness (QED) is 0.601. The van der Waals surface area contributed by atoms with Gasteiger partial charge in [-0.25, -0.2) is 9.78 Å². The molecule has 1 saturated heterocycles. The highest BCUT2D eigenvalue weighted by molar-refractivity contribution is 7.09. The van der Waals surface area contributed by atoms with E-state index in [1.165, 1.54) is 23.7 Å². The number of nitrogens with one attached hydrogen (secondary N) is 1. The summed E-state index contributed by atoms with van der Waals surface area (Å²) in [6, 6.07) is 14.0. The molecule has 0 saturated carbocycles. The molecule has 1 unspecified atom stereocenters. The number of anilines is 2. The van der Waals surface area contributed by atoms with Crippen LogP contribution in [0.4, 0.5) is 28.8 Å². The van der Waals surface area contributed by atoms with Gasteiger partial charge < -0.3 is 15.1 Å². The van der Waals surface area contributed by atoms with E-state index in [4.69, 9.17) is 0 Å². The molecule has 0 radical (unpaired) electrons. The maximum Gasteiger partial charge on any atom is 0.416 e. The van der Waals surface area contributed by atoms with E-state index in [2.05, 4.69) is 19.6 Å². The summed E-state index contributed by atoms with van der Waals surface area (Å²) in [5, 5.41) is 3.51. The zero-order valence-electron chi connectivity index (χ0n) is 17.3. The van der Waals surface area contributed by atoms with Gasteiger partial charge in [-0.05, 0) is 36.8 Å². The molecule has 1 N–H and O–H groups in total. The molecule has 0 spiro atoms. The zero-order chi connectivity index (χ0) is 22.7. The van der Waals surface area contributed by atoms with Crippen LogP contribution in [0.15, 0.2) is 54.6 Å². The smallest absolute Gasteiger partial charge is 0.343 e. The second kappa shape index (κ2) is 9.15. The number of alkyl halides is 3. The van der Waals surface area contributed by atoms with E-state index in [0.717, 1.165) is 28.7 Å². The molecule has 1 aromatic heterocycles. The summed E-state index contributed by atoms with van der Waals surface area (Å²) < 4.78 is 42.6. The summed E-state index contributed by atoms with van der Waals surface area (Å²) in [6.07, 6.45) is -3.73. The van der Waals surface area contributed by atoms with Crippen LogP contribution in [0.5, 0.6) is 0 Å². The lowest BCUT2D eigenvalue weighted by molar-refractivity contribution is -0.137. The standard InChI is InChI=1S/C22H22F3N5OS/c1-15-14-29(21-27-19(28-32-21)13-16-5-3-2-4-6-16)11-12-30(15)20(31)26-18-9-7-17(8-10-18)22(23,24)25/h2-10,15H,11-14H2,1H3,(H,26,31). The van der Waals surface area contributed by atoms with E-state index in [1.54, 1.807) is 4.90 Å². The minimum atomic E-state index is -4.40. The Hall–Kier alpha value is -3.14. The van der Waals surface area contributed by atoms with Crippen molar-refractivity contribution in [3.8, 4) is 0 Å². The van der Waals surface area contributed by atoms with Crippen LogP contribution < -0.4 is 10.2 Å². The summed E-state index contributed by atoms with van der Waals surface area (Å²) >= 11 is 1.35. The number of halogens is 3. The SMILES string of the molecule is CC1CN(c2nc(Cc3ccccc3)ns2)CCN1C(=O)Nc1ccc(C(F)(F)F)cc1. The molecule has 1 aliphatic heterocycles. The fraction of sp³-hybridized carbons (Fsp3) is 0.318. The molecule has 168 valence electrons. The molecule has 1 fully saturated rings. The van der Waals surface area contributed by atoms with Gasteiger partial charge in [0.05, 0.1) is 5.56 Å². The van der Waals surface area contributed by atoms with Crippen molar-refractivity contribution >= 4 is 28.4 Å². The molecule has 2 heterocycles. The van der Waals surface area contributed by atoms with Crippen molar-refractivity contribution in [2.75, 3.05) is 29.9 Å². The van der Waals surface area contributed by atoms with Crippen LogP contribution in [-0.2, 0) is 12.6 Å². The van der Waals surface area contributed by atoms with Crippen molar-refractivity contribution in [2.24, 2.45) is 0 Å². The van der Waals surface area contributed by atoms with E-state index < -0.39 is 11.7 Å². The molecule has 1 aliphatic rings. The molecular formula is C22H22F3N5OS. The summed E-state index contributed by atoms with van der Waals surface area (Å²) in [4.78, 5) is 21.1. The average Bonchev–Trinajstić information content (AvgIpc) is 3.22. The highest BCUT2D eigenvalue weighted by atomic mass is 32.1. The summed E-state index contributed by atoms with van der Waals surface area (Å²) in [6.45, 7) is 3.61. The largest absolute Gasteiger partial charge is 0.416 e. The maximum absolute atomic E-state index is 12.7. The van der Waals surface area contributed by atoms with Crippen LogP contribution in [0.1, 0.15) is 23.9 Å². The Morgan fingerprint density at radius 1 is 1.12 bits per heavy atom. The predicted molar refractivity (Wildman–Crippen MR) is 118 cm³/mol. The maximum atomic E-state index is 12.7. The number of carbonyl (C=O) groups is 1. The van der Waals surface area contributed by atoms with Crippen molar-refractivity contribution in [3.05, 3.63) is 71.5 Å². The lowest BCUT2D eigenvalue weighted by Gasteiger charge is -2.39. The second-order valence-electron chi connectivity index (χ2n) is 7.65. The van der Waals surface area contributed by atoms with Gasteiger partial charge in [-0.2, -0.15) is 17.5 Å². The van der Waals surface area contributed by atoms with E-state index in [1.807, 2.05) is 37.3 Å². The minimum absolute atomic E-state index is 0.0975. The first-order valence-electron chi connectivity index (χ1n) is 10.2. The summed E-state index contributed by atoms with van der Waals surface area (Å²) in [7, 11) is 0. The molecule has 4 rings (SSSR count). The number of urea groups is 1. The first-order chi connectivity index (χ1) is 15.3. The summed E-state index contributed by atoms with van der Waals surface area (Å²) in [5.41, 5.74) is 0.725. The van der Waals surface area contributed by atoms with Gasteiger partial charge in [0.1, 0.15) is 5.82 Å². The second-order valence-corrected chi connectivity index (χ2v) is 8.38. The van der Waals surface area contributed by atoms with Crippen LogP contribution in [0.2, 0.25) is 0 Å². The number of amides is 2. The molecule has 2 amide bonds. The fourth-order valence-electron chi connectivity index (χ4n) is 3.59. The number of hydrogen-bond donors (Lipinski definition) is 1. The number of rotatable bonds is 4. The number of aromatic nitrogens is 2. The van der Waals surface area contributed by atoms with E-state index in [9.17, 15) is 18.0 Å². The van der Waals surface area contributed by atoms with Crippen LogP contribution >= 0.6 is 11.5 Å². The van der Waals surface area contributed by atoms with Crippen molar-refractivity contribution in [3.63, 3.8) is 0 Å². The van der Waals surface area contributed by atoms with Gasteiger partial charge in [0.2, 0.25) is 5.13 Å². The molecule has 6 nitrogen and oxygen atoms in total. The molecule has 10 heteroatoms. The van der Waals surface area contributed by atoms with Gasteiger partial charge in [-0.3, -0.25) is 0 Å². The van der Waals surface area contributed by atoms with Gasteiger partial charge in [0.15, 0.2) is 0 Å². The van der Waals surface area contributed by atoms with Gasteiger partial charge >= 0.3 is 12.2 Å². The Kier molecular flexibility index (Phi) is 6.31. The normalized spacial score (nSPS) is 16.8. The van der Waals surface area contributed by atoms with Crippen LogP contribution in [-0.4, -0.2) is 46.0 Å². The van der Waals surface area contributed by atoms with Gasteiger partial charge in [0.25, 0.3) is 0 Å². The van der Waals surface area contributed by atoms with E-state index in [0.29, 0.717) is 31.7 Å². The minimum Gasteiger partial charge on any atom is -0.343 e. The number of hydrogen-bond acceptors (Lipinski definition) is 5. The van der Waals surface area contributed by atoms with Crippen molar-refractivity contribution < 1.29 is 18.0 Å². The molecule has 32 heavy (non-hydrogen) atoms. The molecule has 2 aromatic carbocycles. The Labute approximate surface area is 187 Å². The third kappa shape index (κ3) is 5.18. The monoisotopic (exact) mass is 461 g/mol. The molecule has 1 atom stereocenters. The van der Waals surface area contributed by atoms with Crippen LogP contribution in [0, 0.1) is 0 Å². The Bertz CT molecular complexity index is 1060. The topological polar surface area (TPSA) is 61.4 Å². The van der Waals surface area contributed by atoms with Gasteiger partial charge in [-0.1, -0.05) is 30.3 Å². The first kappa shape index (κ1) is 22.1. The van der Waals surface area contributed by atoms with E-state index >= 15 is 0 Å². The van der Waals surface area contributed by atoms with Crippen molar-refractivity contribution in [1.29, 1.82) is 0 Å². The van der Waals surface area contributed by atoms with Crippen molar-refractivity contribution in [1.82, 2.24) is 14.3 Å². The highest BCUT2D eigenvalue weighted by Gasteiger charge is 2.31. The summed E-state index contributed by atoms with van der Waals surface area (Å²) in [5.74, 6) is 0.770. The predicted octanol–water partition coefficient (Wildman–Crippen LogP) is 4.89. The Morgan fingerprint density at radius 2 is 1.84 bits per heavy atom. The number of carbonyl (C=O) groups excluding carboxylic acids is 1. The third-order valence-corrected chi connectivity index (χ3v) is 6.10. The zero-order valence-corrected chi connectivity index (χ0v) is 18.2. The highest BCUT2D eigenvalue weighted by Crippen LogP contribution is 2.30. The number of nitrogens with zero attached hydrogens (tertiary/aromatic N) is 4. The lowest BCUT2D eigenvalue weighted by Crippen LogP contribution is -2.55. The fourth-order valence-corrected chi connectivity index (χ4v) is 4.31. The van der Waals surface area contributed by atoms with Gasteiger partial charge in [-0.15, -0.1) is 0 Å². The first-order valence-corrected chi connectivity index (χ1v) is 10.9. The Balaban J connectivity index is 1.33. The number of benzene rings is 2. The van der Waals surface area contributed by atoms with Crippen LogP contribution in [0.25, 0.3) is 0 Å². The lowest BCUT2D eigenvalue weighted by atomic mass is 10.1. The molecule has 0 aliphatic carbocycles. The Morgan fingerprint density at radius 3 is 2.50 bits per heavy atom. The molecule has 0 bridgehead atoms.